The molecule has 4 atom stereocenters. The molecule has 0 radical (unpaired) electrons. The predicted octanol–water partition coefficient (Wildman–Crippen LogP) is 3.03. The smallest absolute Gasteiger partial charge is 0.309 e. The minimum absolute atomic E-state index is 0.114. The van der Waals surface area contributed by atoms with Gasteiger partial charge in [-0.3, -0.25) is 9.36 Å². The Morgan fingerprint density at radius 2 is 2.11 bits per heavy atom. The monoisotopic (exact) mass is 272 g/mol. The van der Waals surface area contributed by atoms with E-state index >= 15 is 0 Å². The van der Waals surface area contributed by atoms with E-state index in [0.717, 1.165) is 6.42 Å². The first-order valence-electron chi connectivity index (χ1n) is 6.58. The summed E-state index contributed by atoms with van der Waals surface area (Å²) in [4.78, 5) is 11.1. The van der Waals surface area contributed by atoms with Crippen molar-refractivity contribution in [1.82, 2.24) is 0 Å². The molecule has 0 aromatic heterocycles. The SMILES string of the molecule is CCOP(=O)(CC(C)=O)OCC1C[C@H]2C=C[C@@H]1C2. The summed E-state index contributed by atoms with van der Waals surface area (Å²) in [7, 11) is -3.22. The Labute approximate surface area is 108 Å². The predicted molar refractivity (Wildman–Crippen MR) is 69.6 cm³/mol. The van der Waals surface area contributed by atoms with Crippen LogP contribution in [-0.4, -0.2) is 25.2 Å². The normalized spacial score (nSPS) is 32.7. The zero-order chi connectivity index (χ0) is 13.2. The summed E-state index contributed by atoms with van der Waals surface area (Å²) in [5.74, 6) is 1.51. The minimum Gasteiger partial charge on any atom is -0.309 e. The lowest BCUT2D eigenvalue weighted by Gasteiger charge is -2.22. The summed E-state index contributed by atoms with van der Waals surface area (Å²) in [6, 6.07) is 0. The molecule has 0 aromatic rings. The molecule has 4 nitrogen and oxygen atoms in total. The quantitative estimate of drug-likeness (QED) is 0.528. The van der Waals surface area contributed by atoms with Gasteiger partial charge in [0.1, 0.15) is 11.9 Å². The Morgan fingerprint density at radius 1 is 1.33 bits per heavy atom. The van der Waals surface area contributed by atoms with Gasteiger partial charge in [-0.2, -0.15) is 0 Å². The first-order valence-corrected chi connectivity index (χ1v) is 8.31. The molecule has 1 fully saturated rings. The van der Waals surface area contributed by atoms with Crippen molar-refractivity contribution in [2.75, 3.05) is 19.4 Å². The van der Waals surface area contributed by atoms with Gasteiger partial charge < -0.3 is 9.05 Å². The molecule has 2 rings (SSSR count). The van der Waals surface area contributed by atoms with Gasteiger partial charge in [0, 0.05) is 0 Å². The highest BCUT2D eigenvalue weighted by Gasteiger charge is 2.37. The van der Waals surface area contributed by atoms with E-state index in [-0.39, 0.29) is 11.9 Å². The third kappa shape index (κ3) is 3.31. The molecule has 2 bridgehead atoms. The molecule has 102 valence electrons. The van der Waals surface area contributed by atoms with Gasteiger partial charge in [0.05, 0.1) is 13.2 Å². The van der Waals surface area contributed by atoms with Gasteiger partial charge >= 0.3 is 7.60 Å². The van der Waals surface area contributed by atoms with Crippen LogP contribution in [0, 0.1) is 17.8 Å². The van der Waals surface area contributed by atoms with Crippen molar-refractivity contribution in [1.29, 1.82) is 0 Å². The van der Waals surface area contributed by atoms with E-state index in [1.54, 1.807) is 6.92 Å². The number of hydrogen-bond donors (Lipinski definition) is 0. The summed E-state index contributed by atoms with van der Waals surface area (Å²) >= 11 is 0. The van der Waals surface area contributed by atoms with E-state index in [0.29, 0.717) is 31.0 Å². The zero-order valence-corrected chi connectivity index (χ0v) is 11.9. The van der Waals surface area contributed by atoms with Gasteiger partial charge in [0.15, 0.2) is 0 Å². The molecule has 0 amide bonds. The fraction of sp³-hybridized carbons (Fsp3) is 0.769. The van der Waals surface area contributed by atoms with Crippen molar-refractivity contribution in [3.05, 3.63) is 12.2 Å². The summed E-state index contributed by atoms with van der Waals surface area (Å²) in [6.07, 6.45) is 6.68. The standard InChI is InChI=1S/C13H21O4P/c1-3-16-18(15,9-10(2)14)17-8-13-7-11-4-5-12(13)6-11/h4-5,11-13H,3,6-9H2,1-2H3/t11-,12+,13?,18?/m0/s1. The average molecular weight is 272 g/mol. The van der Waals surface area contributed by atoms with E-state index in [9.17, 15) is 9.36 Å². The highest BCUT2D eigenvalue weighted by Crippen LogP contribution is 2.51. The van der Waals surface area contributed by atoms with Crippen LogP contribution in [-0.2, 0) is 18.4 Å². The number of ketones is 1. The van der Waals surface area contributed by atoms with Crippen LogP contribution in [0.1, 0.15) is 26.7 Å². The Balaban J connectivity index is 1.88. The van der Waals surface area contributed by atoms with Gasteiger partial charge in [0.2, 0.25) is 0 Å². The van der Waals surface area contributed by atoms with Crippen LogP contribution in [0.2, 0.25) is 0 Å². The molecule has 2 unspecified atom stereocenters. The van der Waals surface area contributed by atoms with Crippen LogP contribution in [0.25, 0.3) is 0 Å². The third-order valence-electron chi connectivity index (χ3n) is 3.64. The van der Waals surface area contributed by atoms with E-state index in [4.69, 9.17) is 9.05 Å². The van der Waals surface area contributed by atoms with Crippen molar-refractivity contribution in [2.24, 2.45) is 17.8 Å². The van der Waals surface area contributed by atoms with E-state index in [1.165, 1.54) is 13.3 Å². The number of fused-ring (bicyclic) bond motifs is 2. The third-order valence-corrected chi connectivity index (χ3v) is 5.67. The molecule has 2 aliphatic rings. The highest BCUT2D eigenvalue weighted by molar-refractivity contribution is 7.54. The number of carbonyl (C=O) groups excluding carboxylic acids is 1. The van der Waals surface area contributed by atoms with Gasteiger partial charge in [-0.15, -0.1) is 0 Å². The molecule has 1 saturated carbocycles. The van der Waals surface area contributed by atoms with Crippen LogP contribution >= 0.6 is 7.60 Å². The van der Waals surface area contributed by atoms with Crippen LogP contribution in [0.5, 0.6) is 0 Å². The summed E-state index contributed by atoms with van der Waals surface area (Å²) in [5.41, 5.74) is 0. The number of allylic oxidation sites excluding steroid dienone is 2. The van der Waals surface area contributed by atoms with Crippen LogP contribution in [0.3, 0.4) is 0 Å². The number of Topliss-reactive ketones (excluding diaryl/α,β-unsaturated/α-hetero) is 1. The summed E-state index contributed by atoms with van der Waals surface area (Å²) < 4.78 is 23.0. The Bertz CT molecular complexity index is 390. The second-order valence-electron chi connectivity index (χ2n) is 5.22. The maximum Gasteiger partial charge on any atom is 0.338 e. The van der Waals surface area contributed by atoms with Crippen molar-refractivity contribution in [2.45, 2.75) is 26.7 Å². The Hall–Kier alpha value is -0.440. The Morgan fingerprint density at radius 3 is 2.61 bits per heavy atom. The molecular formula is C13H21O4P. The maximum absolute atomic E-state index is 12.3. The summed E-state index contributed by atoms with van der Waals surface area (Å²) in [6.45, 7) is 3.92. The lowest BCUT2D eigenvalue weighted by Crippen LogP contribution is -2.16. The zero-order valence-electron chi connectivity index (χ0n) is 11.0. The first kappa shape index (κ1) is 14.0. The molecular weight excluding hydrogens is 251 g/mol. The number of carbonyl (C=O) groups is 1. The van der Waals surface area contributed by atoms with E-state index < -0.39 is 7.60 Å². The largest absolute Gasteiger partial charge is 0.338 e. The fourth-order valence-electron chi connectivity index (χ4n) is 2.89. The van der Waals surface area contributed by atoms with E-state index in [2.05, 4.69) is 12.2 Å². The average Bonchev–Trinajstić information content (AvgIpc) is 2.87. The van der Waals surface area contributed by atoms with Gasteiger partial charge in [-0.1, -0.05) is 12.2 Å². The second-order valence-corrected chi connectivity index (χ2v) is 7.28. The molecule has 0 spiro atoms. The second kappa shape index (κ2) is 5.68. The van der Waals surface area contributed by atoms with Crippen LogP contribution in [0.4, 0.5) is 0 Å². The number of rotatable bonds is 7. The minimum atomic E-state index is -3.22. The van der Waals surface area contributed by atoms with Gasteiger partial charge in [-0.05, 0) is 44.4 Å². The molecule has 2 aliphatic carbocycles. The molecule has 18 heavy (non-hydrogen) atoms. The van der Waals surface area contributed by atoms with Crippen LogP contribution in [0.15, 0.2) is 12.2 Å². The van der Waals surface area contributed by atoms with E-state index in [1.807, 2.05) is 0 Å². The van der Waals surface area contributed by atoms with Crippen molar-refractivity contribution < 1.29 is 18.4 Å². The van der Waals surface area contributed by atoms with Crippen molar-refractivity contribution in [3.8, 4) is 0 Å². The lowest BCUT2D eigenvalue weighted by molar-refractivity contribution is -0.114. The number of hydrogen-bond acceptors (Lipinski definition) is 4. The maximum atomic E-state index is 12.3. The van der Waals surface area contributed by atoms with Gasteiger partial charge in [0.25, 0.3) is 0 Å². The molecule has 0 N–H and O–H groups in total. The van der Waals surface area contributed by atoms with Crippen molar-refractivity contribution >= 4 is 13.4 Å². The van der Waals surface area contributed by atoms with Gasteiger partial charge in [-0.25, -0.2) is 0 Å². The first-order chi connectivity index (χ1) is 8.52. The molecule has 0 saturated heterocycles. The fourth-order valence-corrected chi connectivity index (χ4v) is 4.51. The molecule has 0 heterocycles. The lowest BCUT2D eigenvalue weighted by atomic mass is 9.95. The topological polar surface area (TPSA) is 52.6 Å². The highest BCUT2D eigenvalue weighted by atomic mass is 31.2. The van der Waals surface area contributed by atoms with Crippen LogP contribution < -0.4 is 0 Å². The summed E-state index contributed by atoms with van der Waals surface area (Å²) in [5, 5.41) is 0. The van der Waals surface area contributed by atoms with Crippen molar-refractivity contribution in [3.63, 3.8) is 0 Å². The molecule has 5 heteroatoms. The molecule has 0 aliphatic heterocycles. The molecule has 0 aromatic carbocycles. The Kier molecular flexibility index (Phi) is 4.41.